The van der Waals surface area contributed by atoms with Crippen LogP contribution in [0, 0.1) is 12.3 Å². The fourth-order valence-electron chi connectivity index (χ4n) is 2.31. The van der Waals surface area contributed by atoms with Crippen LogP contribution in [0.3, 0.4) is 0 Å². The van der Waals surface area contributed by atoms with Crippen molar-refractivity contribution < 1.29 is 4.79 Å². The van der Waals surface area contributed by atoms with Crippen LogP contribution in [-0.4, -0.2) is 29.9 Å². The van der Waals surface area contributed by atoms with E-state index in [9.17, 15) is 4.79 Å². The Kier molecular flexibility index (Phi) is 4.01. The number of benzene rings is 1. The first-order valence-electron chi connectivity index (χ1n) is 6.28. The van der Waals surface area contributed by atoms with Gasteiger partial charge in [0.15, 0.2) is 0 Å². The molecular formula is C15H18N2O. The molecule has 0 bridgehead atoms. The average Bonchev–Trinajstić information content (AvgIpc) is 2.43. The van der Waals surface area contributed by atoms with Gasteiger partial charge in [-0.1, -0.05) is 30.2 Å². The molecule has 0 saturated heterocycles. The van der Waals surface area contributed by atoms with Crippen LogP contribution in [0.2, 0.25) is 0 Å². The Morgan fingerprint density at radius 3 is 2.89 bits per heavy atom. The van der Waals surface area contributed by atoms with Crippen molar-refractivity contribution in [2.24, 2.45) is 0 Å². The second-order valence-corrected chi connectivity index (χ2v) is 4.46. The molecule has 94 valence electrons. The molecule has 0 spiro atoms. The van der Waals surface area contributed by atoms with E-state index in [1.807, 2.05) is 19.1 Å². The maximum Gasteiger partial charge on any atom is 0.240 e. The van der Waals surface area contributed by atoms with Gasteiger partial charge < -0.3 is 10.2 Å². The molecule has 0 radical (unpaired) electrons. The number of rotatable bonds is 3. The molecule has 3 heteroatoms. The number of carbonyl (C=O) groups excluding carboxylic acids is 1. The van der Waals surface area contributed by atoms with Gasteiger partial charge in [0.2, 0.25) is 5.91 Å². The number of nitrogens with zero attached hydrogens (tertiary/aromatic N) is 1. The van der Waals surface area contributed by atoms with E-state index in [0.717, 1.165) is 13.0 Å². The fourth-order valence-corrected chi connectivity index (χ4v) is 2.31. The number of terminal acetylenes is 1. The minimum Gasteiger partial charge on any atom is -0.330 e. The highest BCUT2D eigenvalue weighted by molar-refractivity contribution is 5.82. The van der Waals surface area contributed by atoms with E-state index in [-0.39, 0.29) is 11.9 Å². The van der Waals surface area contributed by atoms with Gasteiger partial charge in [-0.15, -0.1) is 6.42 Å². The Balaban J connectivity index is 2.09. The van der Waals surface area contributed by atoms with Crippen molar-refractivity contribution in [3.8, 4) is 12.3 Å². The van der Waals surface area contributed by atoms with Gasteiger partial charge in [-0.25, -0.2) is 0 Å². The molecule has 1 aromatic rings. The lowest BCUT2D eigenvalue weighted by molar-refractivity contribution is -0.132. The zero-order valence-corrected chi connectivity index (χ0v) is 10.6. The summed E-state index contributed by atoms with van der Waals surface area (Å²) >= 11 is 0. The topological polar surface area (TPSA) is 32.3 Å². The van der Waals surface area contributed by atoms with Crippen LogP contribution in [0.15, 0.2) is 24.3 Å². The van der Waals surface area contributed by atoms with Crippen molar-refractivity contribution in [1.82, 2.24) is 10.2 Å². The fraction of sp³-hybridized carbons (Fsp3) is 0.400. The van der Waals surface area contributed by atoms with Gasteiger partial charge in [0.25, 0.3) is 0 Å². The second kappa shape index (κ2) is 5.70. The standard InChI is InChI=1S/C15H18N2O/c1-3-9-17(4-2)15(18)14-10-12-7-5-6-8-13(12)11-16-14/h1,5-8,14,16H,4,9-11H2,2H3. The summed E-state index contributed by atoms with van der Waals surface area (Å²) in [5.41, 5.74) is 2.54. The summed E-state index contributed by atoms with van der Waals surface area (Å²) in [5, 5.41) is 3.29. The molecule has 1 heterocycles. The lowest BCUT2D eigenvalue weighted by Gasteiger charge is -2.29. The quantitative estimate of drug-likeness (QED) is 0.807. The number of amides is 1. The molecule has 1 aliphatic heterocycles. The smallest absolute Gasteiger partial charge is 0.240 e. The van der Waals surface area contributed by atoms with Gasteiger partial charge in [0, 0.05) is 13.1 Å². The van der Waals surface area contributed by atoms with E-state index in [1.54, 1.807) is 4.90 Å². The molecule has 1 N–H and O–H groups in total. The first-order valence-corrected chi connectivity index (χ1v) is 6.28. The van der Waals surface area contributed by atoms with Crippen molar-refractivity contribution >= 4 is 5.91 Å². The molecule has 0 fully saturated rings. The van der Waals surface area contributed by atoms with Crippen LogP contribution in [0.4, 0.5) is 0 Å². The average molecular weight is 242 g/mol. The molecule has 3 nitrogen and oxygen atoms in total. The first kappa shape index (κ1) is 12.7. The third-order valence-corrected chi connectivity index (χ3v) is 3.35. The summed E-state index contributed by atoms with van der Waals surface area (Å²) in [6.07, 6.45) is 6.03. The van der Waals surface area contributed by atoms with E-state index in [1.165, 1.54) is 11.1 Å². The molecule has 1 amide bonds. The summed E-state index contributed by atoms with van der Waals surface area (Å²) in [6.45, 7) is 3.74. The second-order valence-electron chi connectivity index (χ2n) is 4.46. The zero-order chi connectivity index (χ0) is 13.0. The summed E-state index contributed by atoms with van der Waals surface area (Å²) in [4.78, 5) is 14.0. The van der Waals surface area contributed by atoms with Crippen molar-refractivity contribution in [2.45, 2.75) is 25.9 Å². The van der Waals surface area contributed by atoms with Crippen LogP contribution < -0.4 is 5.32 Å². The first-order chi connectivity index (χ1) is 8.76. The molecule has 1 atom stereocenters. The van der Waals surface area contributed by atoms with Gasteiger partial charge in [-0.05, 0) is 24.5 Å². The van der Waals surface area contributed by atoms with E-state index in [4.69, 9.17) is 6.42 Å². The van der Waals surface area contributed by atoms with E-state index in [0.29, 0.717) is 13.1 Å². The van der Waals surface area contributed by atoms with Gasteiger partial charge in [-0.2, -0.15) is 0 Å². The normalized spacial score (nSPS) is 17.7. The lowest BCUT2D eigenvalue weighted by Crippen LogP contribution is -2.49. The summed E-state index contributed by atoms with van der Waals surface area (Å²) in [6, 6.07) is 8.09. The van der Waals surface area contributed by atoms with Crippen molar-refractivity contribution in [2.75, 3.05) is 13.1 Å². The third-order valence-electron chi connectivity index (χ3n) is 3.35. The predicted molar refractivity (Wildman–Crippen MR) is 71.9 cm³/mol. The van der Waals surface area contributed by atoms with Gasteiger partial charge >= 0.3 is 0 Å². The predicted octanol–water partition coefficient (Wildman–Crippen LogP) is 1.18. The zero-order valence-electron chi connectivity index (χ0n) is 10.6. The molecule has 1 unspecified atom stereocenters. The Hall–Kier alpha value is -1.79. The minimum absolute atomic E-state index is 0.102. The van der Waals surface area contributed by atoms with Crippen molar-refractivity contribution in [3.63, 3.8) is 0 Å². The Morgan fingerprint density at radius 2 is 2.22 bits per heavy atom. The maximum absolute atomic E-state index is 12.3. The largest absolute Gasteiger partial charge is 0.330 e. The number of hydrogen-bond donors (Lipinski definition) is 1. The molecule has 18 heavy (non-hydrogen) atoms. The SMILES string of the molecule is C#CCN(CC)C(=O)C1Cc2ccccc2CN1. The Morgan fingerprint density at radius 1 is 1.50 bits per heavy atom. The Labute approximate surface area is 108 Å². The summed E-state index contributed by atoms with van der Waals surface area (Å²) in [5.74, 6) is 2.64. The van der Waals surface area contributed by atoms with Crippen LogP contribution in [-0.2, 0) is 17.8 Å². The molecule has 0 saturated carbocycles. The molecule has 0 aliphatic carbocycles. The monoisotopic (exact) mass is 242 g/mol. The maximum atomic E-state index is 12.3. The Bertz CT molecular complexity index is 476. The number of hydrogen-bond acceptors (Lipinski definition) is 2. The van der Waals surface area contributed by atoms with Crippen molar-refractivity contribution in [1.29, 1.82) is 0 Å². The highest BCUT2D eigenvalue weighted by atomic mass is 16.2. The van der Waals surface area contributed by atoms with Crippen LogP contribution in [0.5, 0.6) is 0 Å². The molecule has 2 rings (SSSR count). The molecular weight excluding hydrogens is 224 g/mol. The number of fused-ring (bicyclic) bond motifs is 1. The number of nitrogens with one attached hydrogen (secondary N) is 1. The minimum atomic E-state index is -0.145. The van der Waals surface area contributed by atoms with E-state index in [2.05, 4.69) is 23.4 Å². The number of carbonyl (C=O) groups is 1. The van der Waals surface area contributed by atoms with Gasteiger partial charge in [-0.3, -0.25) is 4.79 Å². The highest BCUT2D eigenvalue weighted by Crippen LogP contribution is 2.17. The van der Waals surface area contributed by atoms with Crippen molar-refractivity contribution in [3.05, 3.63) is 35.4 Å². The summed E-state index contributed by atoms with van der Waals surface area (Å²) in [7, 11) is 0. The molecule has 1 aliphatic rings. The summed E-state index contributed by atoms with van der Waals surface area (Å²) < 4.78 is 0. The van der Waals surface area contributed by atoms with E-state index < -0.39 is 0 Å². The number of likely N-dealkylation sites (N-methyl/N-ethyl adjacent to an activating group) is 1. The molecule has 0 aromatic heterocycles. The van der Waals surface area contributed by atoms with Crippen LogP contribution >= 0.6 is 0 Å². The molecule has 1 aromatic carbocycles. The highest BCUT2D eigenvalue weighted by Gasteiger charge is 2.26. The van der Waals surface area contributed by atoms with Crippen LogP contribution in [0.25, 0.3) is 0 Å². The van der Waals surface area contributed by atoms with Crippen LogP contribution in [0.1, 0.15) is 18.1 Å². The lowest BCUT2D eigenvalue weighted by atomic mass is 9.95. The van der Waals surface area contributed by atoms with Gasteiger partial charge in [0.05, 0.1) is 12.6 Å². The van der Waals surface area contributed by atoms with Gasteiger partial charge in [0.1, 0.15) is 0 Å². The third kappa shape index (κ3) is 2.55. The van der Waals surface area contributed by atoms with E-state index >= 15 is 0 Å².